The third-order valence-corrected chi connectivity index (χ3v) is 2.38. The summed E-state index contributed by atoms with van der Waals surface area (Å²) in [6.45, 7) is 0. The average molecular weight is 204 g/mol. The van der Waals surface area contributed by atoms with Gasteiger partial charge in [-0.15, -0.1) is 0 Å². The molecule has 2 rings (SSSR count). The van der Waals surface area contributed by atoms with E-state index in [0.717, 1.165) is 11.0 Å². The summed E-state index contributed by atoms with van der Waals surface area (Å²) in [6.07, 6.45) is 1.61. The second-order valence-electron chi connectivity index (χ2n) is 2.51. The molecule has 1 aromatic heterocycles. The number of rotatable bonds is 1. The summed E-state index contributed by atoms with van der Waals surface area (Å²) in [5.74, 6) is 0. The van der Waals surface area contributed by atoms with Crippen molar-refractivity contribution in [3.8, 4) is 0 Å². The molecule has 0 amide bonds. The van der Waals surface area contributed by atoms with Gasteiger partial charge in [-0.05, 0) is 12.1 Å². The molecule has 0 saturated carbocycles. The molecule has 0 saturated heterocycles. The maximum Gasteiger partial charge on any atom is 1.00 e. The summed E-state index contributed by atoms with van der Waals surface area (Å²) < 4.78 is 11.0. The van der Waals surface area contributed by atoms with Crippen LogP contribution in [0.4, 0.5) is 0 Å². The number of H-pyrrole nitrogens is 1. The molecule has 1 heterocycles. The maximum atomic E-state index is 11.0. The Morgan fingerprint density at radius 2 is 2.15 bits per heavy atom. The second-order valence-corrected chi connectivity index (χ2v) is 3.81. The zero-order valence-corrected chi connectivity index (χ0v) is 10.4. The molecule has 64 valence electrons. The number of para-hydroxylation sites is 2. The molecule has 0 bridgehead atoms. The van der Waals surface area contributed by atoms with E-state index in [1.165, 1.54) is 0 Å². The first-order valence-corrected chi connectivity index (χ1v) is 5.11. The van der Waals surface area contributed by atoms with Gasteiger partial charge in [0.25, 0.3) is 0 Å². The van der Waals surface area contributed by atoms with Crippen LogP contribution in [0.3, 0.4) is 0 Å². The molecule has 0 aliphatic heterocycles. The minimum atomic E-state index is -1.03. The second kappa shape index (κ2) is 4.37. The van der Waals surface area contributed by atoms with Gasteiger partial charge >= 0.3 is 29.6 Å². The number of aromatic amines is 1. The topological polar surface area (TPSA) is 45.8 Å². The van der Waals surface area contributed by atoms with Crippen LogP contribution in [0.25, 0.3) is 11.0 Å². The van der Waals surface area contributed by atoms with E-state index in [-0.39, 0.29) is 31.0 Å². The number of benzene rings is 1. The Kier molecular flexibility index (Phi) is 3.67. The average Bonchev–Trinajstić information content (AvgIpc) is 2.46. The summed E-state index contributed by atoms with van der Waals surface area (Å²) in [5, 5.41) is 0.538. The quantitative estimate of drug-likeness (QED) is 0.570. The van der Waals surface area contributed by atoms with Gasteiger partial charge in [-0.25, -0.2) is 4.98 Å². The Balaban J connectivity index is 0.000000845. The van der Waals surface area contributed by atoms with Crippen molar-refractivity contribution in [1.29, 1.82) is 0 Å². The Morgan fingerprint density at radius 1 is 1.46 bits per heavy atom. The van der Waals surface area contributed by atoms with Crippen molar-refractivity contribution in [3.05, 3.63) is 24.3 Å². The van der Waals surface area contributed by atoms with Crippen LogP contribution < -0.4 is 29.6 Å². The monoisotopic (exact) mass is 204 g/mol. The van der Waals surface area contributed by atoms with E-state index in [2.05, 4.69) is 9.97 Å². The summed E-state index contributed by atoms with van der Waals surface area (Å²) in [6, 6.07) is 7.63. The van der Waals surface area contributed by atoms with Crippen LogP contribution >= 0.6 is 0 Å². The van der Waals surface area contributed by atoms with Crippen molar-refractivity contribution in [2.24, 2.45) is 0 Å². The summed E-state index contributed by atoms with van der Waals surface area (Å²) in [5.41, 5.74) is 1.80. The molecule has 0 spiro atoms. The summed E-state index contributed by atoms with van der Waals surface area (Å²) in [4.78, 5) is 7.14. The molecule has 5 heteroatoms. The number of hydrogen-bond donors (Lipinski definition) is 1. The van der Waals surface area contributed by atoms with E-state index in [9.17, 15) is 4.21 Å². The Bertz CT molecular complexity index is 413. The van der Waals surface area contributed by atoms with Gasteiger partial charge in [-0.1, -0.05) is 12.1 Å². The smallest absolute Gasteiger partial charge is 1.00 e. The molecule has 0 aliphatic rings. The van der Waals surface area contributed by atoms with Gasteiger partial charge in [0.05, 0.1) is 21.8 Å². The van der Waals surface area contributed by atoms with Crippen LogP contribution in [0.1, 0.15) is 1.43 Å². The number of nitrogens with zero attached hydrogens (tertiary/aromatic N) is 1. The first kappa shape index (κ1) is 10.9. The molecule has 13 heavy (non-hydrogen) atoms. The molecule has 0 aliphatic carbocycles. The predicted molar refractivity (Wildman–Crippen MR) is 49.5 cm³/mol. The van der Waals surface area contributed by atoms with Crippen LogP contribution in [0.15, 0.2) is 29.4 Å². The molecular formula is C8H9N2NaOS. The van der Waals surface area contributed by atoms with Gasteiger partial charge in [0, 0.05) is 6.26 Å². The third-order valence-electron chi connectivity index (χ3n) is 1.64. The van der Waals surface area contributed by atoms with Crippen molar-refractivity contribution in [2.45, 2.75) is 5.16 Å². The first-order chi connectivity index (χ1) is 5.77. The predicted octanol–water partition coefficient (Wildman–Crippen LogP) is -1.58. The van der Waals surface area contributed by atoms with Crippen molar-refractivity contribution in [2.75, 3.05) is 6.26 Å². The largest absolute Gasteiger partial charge is 1.00 e. The fourth-order valence-electron chi connectivity index (χ4n) is 1.07. The van der Waals surface area contributed by atoms with Gasteiger partial charge < -0.3 is 6.41 Å². The summed E-state index contributed by atoms with van der Waals surface area (Å²) in [7, 11) is -1.03. The first-order valence-electron chi connectivity index (χ1n) is 3.55. The molecule has 0 radical (unpaired) electrons. The molecule has 1 aromatic carbocycles. The van der Waals surface area contributed by atoms with Crippen LogP contribution in [0.5, 0.6) is 0 Å². The van der Waals surface area contributed by atoms with E-state index >= 15 is 0 Å². The van der Waals surface area contributed by atoms with E-state index in [1.54, 1.807) is 6.26 Å². The maximum absolute atomic E-state index is 11.0. The van der Waals surface area contributed by atoms with E-state index in [1.807, 2.05) is 24.3 Å². The molecular weight excluding hydrogens is 195 g/mol. The number of aromatic nitrogens is 2. The SMILES string of the molecule is CS(=O)c1nc2ccccc2[nH]1.[H-].[Na+]. The van der Waals surface area contributed by atoms with Gasteiger partial charge in [-0.3, -0.25) is 4.21 Å². The Hall–Kier alpha value is -0.160. The van der Waals surface area contributed by atoms with E-state index in [0.29, 0.717) is 5.16 Å². The van der Waals surface area contributed by atoms with Gasteiger partial charge in [-0.2, -0.15) is 0 Å². The Labute approximate surface area is 102 Å². The molecule has 1 atom stereocenters. The van der Waals surface area contributed by atoms with Crippen LogP contribution in [-0.4, -0.2) is 20.4 Å². The van der Waals surface area contributed by atoms with Crippen molar-refractivity contribution in [3.63, 3.8) is 0 Å². The molecule has 0 fully saturated rings. The summed E-state index contributed by atoms with van der Waals surface area (Å²) >= 11 is 0. The molecule has 2 aromatic rings. The van der Waals surface area contributed by atoms with Crippen LogP contribution in [-0.2, 0) is 10.8 Å². The molecule has 1 unspecified atom stereocenters. The molecule has 1 N–H and O–H groups in total. The zero-order valence-electron chi connectivity index (χ0n) is 8.57. The van der Waals surface area contributed by atoms with Gasteiger partial charge in [0.1, 0.15) is 0 Å². The fraction of sp³-hybridized carbons (Fsp3) is 0.125. The van der Waals surface area contributed by atoms with Crippen molar-refractivity contribution in [1.82, 2.24) is 9.97 Å². The van der Waals surface area contributed by atoms with Crippen LogP contribution in [0, 0.1) is 0 Å². The van der Waals surface area contributed by atoms with Crippen LogP contribution in [0.2, 0.25) is 0 Å². The number of imidazole rings is 1. The van der Waals surface area contributed by atoms with Crippen molar-refractivity contribution < 1.29 is 35.2 Å². The molecule has 3 nitrogen and oxygen atoms in total. The number of hydrogen-bond acceptors (Lipinski definition) is 2. The minimum Gasteiger partial charge on any atom is -1.00 e. The zero-order chi connectivity index (χ0) is 8.55. The Morgan fingerprint density at radius 3 is 2.77 bits per heavy atom. The van der Waals surface area contributed by atoms with E-state index in [4.69, 9.17) is 0 Å². The minimum absolute atomic E-state index is 0. The van der Waals surface area contributed by atoms with Gasteiger partial charge in [0.15, 0.2) is 5.16 Å². The normalized spacial score (nSPS) is 12.4. The van der Waals surface area contributed by atoms with E-state index < -0.39 is 10.8 Å². The van der Waals surface area contributed by atoms with Crippen molar-refractivity contribution >= 4 is 21.8 Å². The van der Waals surface area contributed by atoms with Gasteiger partial charge in [0.2, 0.25) is 0 Å². The fourth-order valence-corrected chi connectivity index (χ4v) is 1.55. The number of fused-ring (bicyclic) bond motifs is 1. The number of nitrogens with one attached hydrogen (secondary N) is 1. The third kappa shape index (κ3) is 2.20. The standard InChI is InChI=1S/C8H8N2OS.Na.H/c1-12(11)8-9-6-4-2-3-5-7(6)10-8;;/h2-5H,1H3,(H,9,10);;/q;+1;-1.